The van der Waals surface area contributed by atoms with Gasteiger partial charge in [0.05, 0.1) is 6.26 Å². The largest absolute Gasteiger partial charge is 0.273 e. The van der Waals surface area contributed by atoms with Gasteiger partial charge in [-0.05, 0) is 5.92 Å². The van der Waals surface area contributed by atoms with Gasteiger partial charge in [0, 0.05) is 12.5 Å². The number of amides is 1. The van der Waals surface area contributed by atoms with E-state index in [1.54, 1.807) is 6.92 Å². The lowest BCUT2D eigenvalue weighted by atomic mass is 10.0. The molecule has 1 saturated heterocycles. The van der Waals surface area contributed by atoms with E-state index in [2.05, 4.69) is 0 Å². The number of carbonyl (C=O) groups is 1. The van der Waals surface area contributed by atoms with Gasteiger partial charge < -0.3 is 0 Å². The van der Waals surface area contributed by atoms with Crippen LogP contribution in [0.2, 0.25) is 0 Å². The van der Waals surface area contributed by atoms with Gasteiger partial charge >= 0.3 is 0 Å². The highest BCUT2D eigenvalue weighted by atomic mass is 32.2. The van der Waals surface area contributed by atoms with Gasteiger partial charge in [-0.2, -0.15) is 0 Å². The molecule has 0 aromatic rings. The average Bonchev–Trinajstić information content (AvgIpc) is 2.15. The van der Waals surface area contributed by atoms with E-state index < -0.39 is 10.0 Å². The molecule has 1 amide bonds. The molecule has 2 unspecified atom stereocenters. The van der Waals surface area contributed by atoms with Gasteiger partial charge in [-0.25, -0.2) is 12.7 Å². The Kier molecular flexibility index (Phi) is 2.16. The SMILES string of the molecule is CC1CN(S(C)(=O)=O)C(=O)C1C. The van der Waals surface area contributed by atoms with E-state index in [1.807, 2.05) is 6.92 Å². The quantitative estimate of drug-likeness (QED) is 0.589. The maximum absolute atomic E-state index is 11.3. The maximum Gasteiger partial charge on any atom is 0.239 e. The fourth-order valence-corrected chi connectivity index (χ4v) is 2.28. The number of carbonyl (C=O) groups excluding carboxylic acids is 1. The van der Waals surface area contributed by atoms with Crippen molar-refractivity contribution in [3.05, 3.63) is 0 Å². The van der Waals surface area contributed by atoms with Crippen LogP contribution in [-0.4, -0.2) is 31.4 Å². The number of hydrogen-bond donors (Lipinski definition) is 0. The van der Waals surface area contributed by atoms with Crippen molar-refractivity contribution in [2.75, 3.05) is 12.8 Å². The number of hydrogen-bond acceptors (Lipinski definition) is 3. The summed E-state index contributed by atoms with van der Waals surface area (Å²) in [7, 11) is -3.33. The second kappa shape index (κ2) is 2.73. The van der Waals surface area contributed by atoms with E-state index in [-0.39, 0.29) is 17.7 Å². The number of sulfonamides is 1. The van der Waals surface area contributed by atoms with Crippen LogP contribution in [0.25, 0.3) is 0 Å². The molecule has 0 radical (unpaired) electrons. The van der Waals surface area contributed by atoms with Gasteiger partial charge in [0.1, 0.15) is 0 Å². The molecule has 1 aliphatic rings. The Labute approximate surface area is 72.6 Å². The number of rotatable bonds is 1. The minimum atomic E-state index is -3.33. The van der Waals surface area contributed by atoms with Gasteiger partial charge in [-0.15, -0.1) is 0 Å². The molecule has 0 aromatic carbocycles. The summed E-state index contributed by atoms with van der Waals surface area (Å²) in [5, 5.41) is 0. The van der Waals surface area contributed by atoms with Crippen molar-refractivity contribution < 1.29 is 13.2 Å². The first-order valence-electron chi connectivity index (χ1n) is 3.85. The van der Waals surface area contributed by atoms with E-state index in [4.69, 9.17) is 0 Å². The smallest absolute Gasteiger partial charge is 0.239 e. The second-order valence-electron chi connectivity index (χ2n) is 3.40. The minimum absolute atomic E-state index is 0.132. The summed E-state index contributed by atoms with van der Waals surface area (Å²) in [4.78, 5) is 11.3. The van der Waals surface area contributed by atoms with Crippen LogP contribution in [0, 0.1) is 11.8 Å². The molecule has 1 aliphatic heterocycles. The molecule has 4 nitrogen and oxygen atoms in total. The summed E-state index contributed by atoms with van der Waals surface area (Å²) in [5.41, 5.74) is 0. The van der Waals surface area contributed by atoms with Crippen molar-refractivity contribution in [3.8, 4) is 0 Å². The Morgan fingerprint density at radius 1 is 1.42 bits per heavy atom. The Morgan fingerprint density at radius 2 is 1.92 bits per heavy atom. The normalized spacial score (nSPS) is 31.2. The van der Waals surface area contributed by atoms with Crippen molar-refractivity contribution in [2.45, 2.75) is 13.8 Å². The molecule has 2 atom stereocenters. The molecule has 1 rings (SSSR count). The van der Waals surface area contributed by atoms with Gasteiger partial charge in [-0.1, -0.05) is 13.8 Å². The summed E-state index contributed by atoms with van der Waals surface area (Å²) in [6, 6.07) is 0. The van der Waals surface area contributed by atoms with Gasteiger partial charge in [0.2, 0.25) is 15.9 Å². The third-order valence-corrected chi connectivity index (χ3v) is 3.47. The predicted octanol–water partition coefficient (Wildman–Crippen LogP) is 0.0604. The lowest BCUT2D eigenvalue weighted by Crippen LogP contribution is -2.32. The Balaban J connectivity index is 2.93. The third kappa shape index (κ3) is 1.46. The molecule has 70 valence electrons. The van der Waals surface area contributed by atoms with Crippen LogP contribution in [-0.2, 0) is 14.8 Å². The average molecular weight is 191 g/mol. The van der Waals surface area contributed by atoms with Gasteiger partial charge in [-0.3, -0.25) is 4.79 Å². The number of nitrogens with zero attached hydrogens (tertiary/aromatic N) is 1. The van der Waals surface area contributed by atoms with Crippen molar-refractivity contribution in [3.63, 3.8) is 0 Å². The van der Waals surface area contributed by atoms with Crippen molar-refractivity contribution in [1.29, 1.82) is 0 Å². The molecule has 1 fully saturated rings. The molecular weight excluding hydrogens is 178 g/mol. The van der Waals surface area contributed by atoms with Crippen molar-refractivity contribution in [2.24, 2.45) is 11.8 Å². The van der Waals surface area contributed by atoms with Crippen molar-refractivity contribution >= 4 is 15.9 Å². The lowest BCUT2D eigenvalue weighted by molar-refractivity contribution is -0.126. The molecule has 0 saturated carbocycles. The van der Waals surface area contributed by atoms with Crippen LogP contribution >= 0.6 is 0 Å². The Morgan fingerprint density at radius 3 is 2.08 bits per heavy atom. The standard InChI is InChI=1S/C7H13NO3S/c1-5-4-8(12(3,10)11)7(9)6(5)2/h5-6H,4H2,1-3H3. The predicted molar refractivity (Wildman–Crippen MR) is 44.9 cm³/mol. The van der Waals surface area contributed by atoms with E-state index in [9.17, 15) is 13.2 Å². The first-order valence-corrected chi connectivity index (χ1v) is 5.70. The summed E-state index contributed by atoms with van der Waals surface area (Å²) >= 11 is 0. The second-order valence-corrected chi connectivity index (χ2v) is 5.31. The van der Waals surface area contributed by atoms with E-state index >= 15 is 0 Å². The monoisotopic (exact) mass is 191 g/mol. The van der Waals surface area contributed by atoms with Crippen LogP contribution < -0.4 is 0 Å². The van der Waals surface area contributed by atoms with E-state index in [0.717, 1.165) is 10.6 Å². The zero-order valence-corrected chi connectivity index (χ0v) is 8.26. The zero-order chi connectivity index (χ0) is 9.52. The Hall–Kier alpha value is -0.580. The highest BCUT2D eigenvalue weighted by Crippen LogP contribution is 2.25. The molecular formula is C7H13NO3S. The topological polar surface area (TPSA) is 54.5 Å². The molecule has 0 aliphatic carbocycles. The molecule has 0 bridgehead atoms. The molecule has 0 spiro atoms. The maximum atomic E-state index is 11.3. The van der Waals surface area contributed by atoms with Crippen LogP contribution in [0.3, 0.4) is 0 Å². The van der Waals surface area contributed by atoms with Crippen molar-refractivity contribution in [1.82, 2.24) is 4.31 Å². The Bertz CT molecular complexity index is 296. The highest BCUT2D eigenvalue weighted by Gasteiger charge is 2.38. The third-order valence-electron chi connectivity index (χ3n) is 2.34. The molecule has 0 aromatic heterocycles. The fourth-order valence-electron chi connectivity index (χ4n) is 1.28. The zero-order valence-electron chi connectivity index (χ0n) is 7.44. The molecule has 0 N–H and O–H groups in total. The molecule has 5 heteroatoms. The fraction of sp³-hybridized carbons (Fsp3) is 0.857. The van der Waals surface area contributed by atoms with Gasteiger partial charge in [0.25, 0.3) is 0 Å². The van der Waals surface area contributed by atoms with E-state index in [1.165, 1.54) is 0 Å². The van der Waals surface area contributed by atoms with Crippen LogP contribution in [0.15, 0.2) is 0 Å². The van der Waals surface area contributed by atoms with Crippen LogP contribution in [0.5, 0.6) is 0 Å². The van der Waals surface area contributed by atoms with E-state index in [0.29, 0.717) is 6.54 Å². The first-order chi connectivity index (χ1) is 5.34. The summed E-state index contributed by atoms with van der Waals surface area (Å²) < 4.78 is 23.0. The first kappa shape index (κ1) is 9.51. The molecule has 1 heterocycles. The summed E-state index contributed by atoms with van der Waals surface area (Å²) in [6.45, 7) is 3.98. The minimum Gasteiger partial charge on any atom is -0.273 e. The lowest BCUT2D eigenvalue weighted by Gasteiger charge is -2.12. The summed E-state index contributed by atoms with van der Waals surface area (Å²) in [6.07, 6.45) is 1.07. The highest BCUT2D eigenvalue weighted by molar-refractivity contribution is 7.88. The van der Waals surface area contributed by atoms with Crippen LogP contribution in [0.1, 0.15) is 13.8 Å². The van der Waals surface area contributed by atoms with Gasteiger partial charge in [0.15, 0.2) is 0 Å². The van der Waals surface area contributed by atoms with Crippen LogP contribution in [0.4, 0.5) is 0 Å². The molecule has 12 heavy (non-hydrogen) atoms. The summed E-state index contributed by atoms with van der Waals surface area (Å²) in [5.74, 6) is -0.308.